The number of nitrogens with two attached hydrogens (primary N) is 1. The summed E-state index contributed by atoms with van der Waals surface area (Å²) in [4.78, 5) is 11.7. The molecular weight excluding hydrogens is 281 g/mol. The Balaban J connectivity index is 3.22. The van der Waals surface area contributed by atoms with Gasteiger partial charge in [-0.2, -0.15) is 0 Å². The van der Waals surface area contributed by atoms with Crippen molar-refractivity contribution in [3.05, 3.63) is 35.4 Å². The molecule has 6 nitrogen and oxygen atoms in total. The molecule has 0 aliphatic carbocycles. The van der Waals surface area contributed by atoms with Crippen LogP contribution in [0.5, 0.6) is 0 Å². The fourth-order valence-corrected chi connectivity index (χ4v) is 3.46. The molecule has 0 saturated carbocycles. The predicted molar refractivity (Wildman–Crippen MR) is 75.6 cm³/mol. The second-order valence-electron chi connectivity index (χ2n) is 3.90. The van der Waals surface area contributed by atoms with E-state index in [0.29, 0.717) is 5.56 Å². The lowest BCUT2D eigenvalue weighted by atomic mass is 10.1. The fourth-order valence-electron chi connectivity index (χ4n) is 1.78. The van der Waals surface area contributed by atoms with Crippen molar-refractivity contribution in [3.63, 3.8) is 0 Å². The zero-order valence-electron chi connectivity index (χ0n) is 11.9. The van der Waals surface area contributed by atoms with Gasteiger partial charge in [-0.15, -0.1) is 0 Å². The summed E-state index contributed by atoms with van der Waals surface area (Å²) < 4.78 is 27.8. The lowest BCUT2D eigenvalue weighted by molar-refractivity contribution is 0.0599. The van der Waals surface area contributed by atoms with Crippen LogP contribution in [-0.2, 0) is 18.3 Å². The highest BCUT2D eigenvalue weighted by molar-refractivity contribution is 7.54. The van der Waals surface area contributed by atoms with Gasteiger partial charge in [-0.05, 0) is 25.5 Å². The summed E-state index contributed by atoms with van der Waals surface area (Å²) in [6.45, 7) is 3.80. The van der Waals surface area contributed by atoms with Crippen LogP contribution in [0.1, 0.15) is 35.6 Å². The van der Waals surface area contributed by atoms with E-state index in [-0.39, 0.29) is 18.8 Å². The van der Waals surface area contributed by atoms with Crippen molar-refractivity contribution in [2.24, 2.45) is 5.73 Å². The molecular formula is C13H20NO5P. The van der Waals surface area contributed by atoms with E-state index in [0.717, 1.165) is 0 Å². The van der Waals surface area contributed by atoms with Crippen molar-refractivity contribution in [1.29, 1.82) is 0 Å². The second kappa shape index (κ2) is 7.55. The van der Waals surface area contributed by atoms with Gasteiger partial charge in [0.05, 0.1) is 25.9 Å². The Bertz CT molecular complexity index is 495. The maximum atomic E-state index is 12.7. The SMILES string of the molecule is CCOP(=O)(OCC)[C@H](N)c1ccccc1C(=O)OC. The molecule has 2 N–H and O–H groups in total. The molecule has 0 saturated heterocycles. The van der Waals surface area contributed by atoms with Crippen molar-refractivity contribution in [2.75, 3.05) is 20.3 Å². The standard InChI is InChI=1S/C13H20NO5P/c1-4-18-20(16,19-5-2)12(14)10-8-6-7-9-11(10)13(15)17-3/h6-9,12H,4-5,14H2,1-3H3/t12-/m0/s1. The maximum absolute atomic E-state index is 12.7. The van der Waals surface area contributed by atoms with Crippen LogP contribution in [0.2, 0.25) is 0 Å². The van der Waals surface area contributed by atoms with Gasteiger partial charge in [-0.3, -0.25) is 4.57 Å². The Labute approximate surface area is 118 Å². The van der Waals surface area contributed by atoms with E-state index in [4.69, 9.17) is 19.5 Å². The quantitative estimate of drug-likeness (QED) is 0.615. The van der Waals surface area contributed by atoms with Gasteiger partial charge in [0, 0.05) is 0 Å². The summed E-state index contributed by atoms with van der Waals surface area (Å²) in [5.74, 6) is -1.59. The summed E-state index contributed by atoms with van der Waals surface area (Å²) in [6, 6.07) is 6.55. The third-order valence-corrected chi connectivity index (χ3v) is 4.84. The first-order chi connectivity index (χ1) is 9.50. The Morgan fingerprint density at radius 2 is 1.80 bits per heavy atom. The molecule has 1 rings (SSSR count). The van der Waals surface area contributed by atoms with Crippen LogP contribution in [0.3, 0.4) is 0 Å². The first-order valence-corrected chi connectivity index (χ1v) is 7.93. The summed E-state index contributed by atoms with van der Waals surface area (Å²) >= 11 is 0. The smallest absolute Gasteiger partial charge is 0.351 e. The van der Waals surface area contributed by atoms with Crippen LogP contribution in [0.15, 0.2) is 24.3 Å². The van der Waals surface area contributed by atoms with E-state index in [2.05, 4.69) is 0 Å². The minimum absolute atomic E-state index is 0.200. The molecule has 0 unspecified atom stereocenters. The molecule has 0 spiro atoms. The van der Waals surface area contributed by atoms with Crippen molar-refractivity contribution in [3.8, 4) is 0 Å². The van der Waals surface area contributed by atoms with Crippen molar-refractivity contribution in [1.82, 2.24) is 0 Å². The van der Waals surface area contributed by atoms with Crippen LogP contribution in [0, 0.1) is 0 Å². The first kappa shape index (κ1) is 16.9. The van der Waals surface area contributed by atoms with Gasteiger partial charge in [0.1, 0.15) is 5.78 Å². The van der Waals surface area contributed by atoms with Crippen LogP contribution in [0.25, 0.3) is 0 Å². The number of carbonyl (C=O) groups excluding carboxylic acids is 1. The molecule has 112 valence electrons. The molecule has 1 atom stereocenters. The molecule has 0 heterocycles. The third kappa shape index (κ3) is 3.67. The average Bonchev–Trinajstić information content (AvgIpc) is 2.46. The number of hydrogen-bond donors (Lipinski definition) is 1. The van der Waals surface area contributed by atoms with E-state index < -0.39 is 19.3 Å². The Morgan fingerprint density at radius 3 is 2.30 bits per heavy atom. The van der Waals surface area contributed by atoms with Crippen LogP contribution < -0.4 is 5.73 Å². The van der Waals surface area contributed by atoms with E-state index in [1.165, 1.54) is 7.11 Å². The summed E-state index contributed by atoms with van der Waals surface area (Å²) in [7, 11) is -2.27. The van der Waals surface area contributed by atoms with Gasteiger partial charge < -0.3 is 19.5 Å². The molecule has 0 fully saturated rings. The topological polar surface area (TPSA) is 87.9 Å². The Kier molecular flexibility index (Phi) is 6.36. The highest BCUT2D eigenvalue weighted by Crippen LogP contribution is 2.58. The molecule has 0 aliphatic heterocycles. The molecule has 1 aromatic rings. The van der Waals surface area contributed by atoms with Crippen molar-refractivity contribution < 1.29 is 23.1 Å². The van der Waals surface area contributed by atoms with E-state index in [1.807, 2.05) is 0 Å². The highest BCUT2D eigenvalue weighted by Gasteiger charge is 2.36. The molecule has 20 heavy (non-hydrogen) atoms. The summed E-state index contributed by atoms with van der Waals surface area (Å²) in [5.41, 5.74) is 6.65. The minimum atomic E-state index is -3.54. The number of methoxy groups -OCH3 is 1. The number of ether oxygens (including phenoxy) is 1. The van der Waals surface area contributed by atoms with Gasteiger partial charge in [0.25, 0.3) is 0 Å². The van der Waals surface area contributed by atoms with Gasteiger partial charge in [-0.1, -0.05) is 18.2 Å². The normalized spacial score (nSPS) is 13.0. The van der Waals surface area contributed by atoms with Gasteiger partial charge in [0.2, 0.25) is 0 Å². The van der Waals surface area contributed by atoms with Crippen LogP contribution >= 0.6 is 7.60 Å². The maximum Gasteiger partial charge on any atom is 0.351 e. The largest absolute Gasteiger partial charge is 0.465 e. The Hall–Kier alpha value is -1.20. The lowest BCUT2D eigenvalue weighted by Crippen LogP contribution is -2.18. The predicted octanol–water partition coefficient (Wildman–Crippen LogP) is 2.70. The van der Waals surface area contributed by atoms with Gasteiger partial charge >= 0.3 is 13.6 Å². The Morgan fingerprint density at radius 1 is 1.25 bits per heavy atom. The molecule has 0 bridgehead atoms. The van der Waals surface area contributed by atoms with Gasteiger partial charge in [-0.25, -0.2) is 4.79 Å². The van der Waals surface area contributed by atoms with E-state index in [9.17, 15) is 9.36 Å². The second-order valence-corrected chi connectivity index (χ2v) is 6.05. The van der Waals surface area contributed by atoms with E-state index >= 15 is 0 Å². The fraction of sp³-hybridized carbons (Fsp3) is 0.462. The average molecular weight is 301 g/mol. The minimum Gasteiger partial charge on any atom is -0.465 e. The zero-order chi connectivity index (χ0) is 15.2. The van der Waals surface area contributed by atoms with Crippen molar-refractivity contribution >= 4 is 13.6 Å². The summed E-state index contributed by atoms with van der Waals surface area (Å²) in [5, 5.41) is 0. The summed E-state index contributed by atoms with van der Waals surface area (Å²) in [6.07, 6.45) is 0. The monoisotopic (exact) mass is 301 g/mol. The number of hydrogen-bond acceptors (Lipinski definition) is 6. The molecule has 7 heteroatoms. The number of esters is 1. The van der Waals surface area contributed by atoms with E-state index in [1.54, 1.807) is 38.1 Å². The third-order valence-electron chi connectivity index (χ3n) is 2.64. The zero-order valence-corrected chi connectivity index (χ0v) is 12.8. The molecule has 0 aliphatic rings. The molecule has 0 radical (unpaired) electrons. The van der Waals surface area contributed by atoms with Crippen LogP contribution in [-0.4, -0.2) is 26.3 Å². The molecule has 0 amide bonds. The van der Waals surface area contributed by atoms with Crippen LogP contribution in [0.4, 0.5) is 0 Å². The highest BCUT2D eigenvalue weighted by atomic mass is 31.2. The first-order valence-electron chi connectivity index (χ1n) is 6.31. The number of benzene rings is 1. The molecule has 1 aromatic carbocycles. The lowest BCUT2D eigenvalue weighted by Gasteiger charge is -2.24. The number of carbonyl (C=O) groups is 1. The number of rotatable bonds is 7. The molecule has 0 aromatic heterocycles. The van der Waals surface area contributed by atoms with Gasteiger partial charge in [0.15, 0.2) is 0 Å². The van der Waals surface area contributed by atoms with Crippen molar-refractivity contribution in [2.45, 2.75) is 19.6 Å².